The van der Waals surface area contributed by atoms with Gasteiger partial charge in [0, 0.05) is 11.4 Å². The molecule has 0 spiro atoms. The number of nitrogens with one attached hydrogen (secondary N) is 2. The summed E-state index contributed by atoms with van der Waals surface area (Å²) >= 11 is 0. The Morgan fingerprint density at radius 2 is 1.95 bits per heavy atom. The van der Waals surface area contributed by atoms with E-state index in [1.807, 2.05) is 6.92 Å². The molecule has 0 saturated carbocycles. The van der Waals surface area contributed by atoms with Crippen LogP contribution >= 0.6 is 0 Å². The van der Waals surface area contributed by atoms with Gasteiger partial charge in [0.1, 0.15) is 5.75 Å². The summed E-state index contributed by atoms with van der Waals surface area (Å²) in [5, 5.41) is 3.13. The number of imidazole rings is 1. The minimum Gasteiger partial charge on any atom is -0.484 e. The first-order chi connectivity index (χ1) is 9.44. The number of benzene rings is 1. The Labute approximate surface area is 114 Å². The third-order valence-electron chi connectivity index (χ3n) is 2.65. The summed E-state index contributed by atoms with van der Waals surface area (Å²) in [7, 11) is 0. The van der Waals surface area contributed by atoms with Crippen molar-refractivity contribution in [3.8, 4) is 5.75 Å². The Kier molecular flexibility index (Phi) is 4.16. The molecule has 20 heavy (non-hydrogen) atoms. The molecule has 2 N–H and O–H groups in total. The molecule has 4 nitrogen and oxygen atoms in total. The van der Waals surface area contributed by atoms with Crippen LogP contribution in [0.5, 0.6) is 5.75 Å². The molecule has 7 heteroatoms. The van der Waals surface area contributed by atoms with Gasteiger partial charge in [-0.25, -0.2) is 4.98 Å². The molecule has 108 valence electrons. The second-order valence-corrected chi connectivity index (χ2v) is 4.26. The second kappa shape index (κ2) is 5.85. The van der Waals surface area contributed by atoms with Crippen LogP contribution in [0.3, 0.4) is 0 Å². The summed E-state index contributed by atoms with van der Waals surface area (Å²) in [6, 6.07) is 6.30. The number of aryl methyl sites for hydroxylation is 1. The molecule has 2 aromatic rings. The largest absolute Gasteiger partial charge is 0.484 e. The predicted molar refractivity (Wildman–Crippen MR) is 68.6 cm³/mol. The standard InChI is InChI=1S/C13H14F3N3O/c1-9-12(19-8-18-9)6-17-10-2-4-11(5-3-10)20-7-13(14,15)16/h2-5,8,17H,6-7H2,1H3,(H,18,19). The van der Waals surface area contributed by atoms with Gasteiger partial charge in [-0.2, -0.15) is 13.2 Å². The van der Waals surface area contributed by atoms with Crippen LogP contribution in [-0.2, 0) is 6.54 Å². The average Bonchev–Trinajstić information content (AvgIpc) is 2.80. The third kappa shape index (κ3) is 4.18. The first-order valence-electron chi connectivity index (χ1n) is 5.96. The van der Waals surface area contributed by atoms with Crippen LogP contribution < -0.4 is 10.1 Å². The maximum atomic E-state index is 12.0. The van der Waals surface area contributed by atoms with E-state index in [2.05, 4.69) is 20.0 Å². The maximum Gasteiger partial charge on any atom is 0.422 e. The molecule has 0 saturated heterocycles. The molecular weight excluding hydrogens is 271 g/mol. The van der Waals surface area contributed by atoms with Gasteiger partial charge >= 0.3 is 6.18 Å². The van der Waals surface area contributed by atoms with Crippen molar-refractivity contribution >= 4 is 5.69 Å². The number of ether oxygens (including phenoxy) is 1. The Morgan fingerprint density at radius 1 is 1.25 bits per heavy atom. The number of nitrogens with zero attached hydrogens (tertiary/aromatic N) is 1. The summed E-state index contributed by atoms with van der Waals surface area (Å²) in [5.74, 6) is 0.184. The highest BCUT2D eigenvalue weighted by Crippen LogP contribution is 2.20. The zero-order chi connectivity index (χ0) is 14.6. The van der Waals surface area contributed by atoms with E-state index in [0.29, 0.717) is 6.54 Å². The van der Waals surface area contributed by atoms with E-state index >= 15 is 0 Å². The number of halogens is 3. The molecule has 1 aromatic carbocycles. The van der Waals surface area contributed by atoms with Gasteiger partial charge in [-0.1, -0.05) is 0 Å². The van der Waals surface area contributed by atoms with E-state index in [4.69, 9.17) is 0 Å². The van der Waals surface area contributed by atoms with Crippen LogP contribution in [0.1, 0.15) is 11.4 Å². The lowest BCUT2D eigenvalue weighted by atomic mass is 10.3. The number of anilines is 1. The van der Waals surface area contributed by atoms with Gasteiger partial charge in [0.05, 0.1) is 18.6 Å². The highest BCUT2D eigenvalue weighted by Gasteiger charge is 2.28. The van der Waals surface area contributed by atoms with Gasteiger partial charge in [0.25, 0.3) is 0 Å². The van der Waals surface area contributed by atoms with Crippen molar-refractivity contribution in [3.63, 3.8) is 0 Å². The molecule has 0 atom stereocenters. The van der Waals surface area contributed by atoms with E-state index in [0.717, 1.165) is 17.1 Å². The van der Waals surface area contributed by atoms with E-state index in [9.17, 15) is 13.2 Å². The SMILES string of the molecule is Cc1[nH]cnc1CNc1ccc(OCC(F)(F)F)cc1. The van der Waals surface area contributed by atoms with Gasteiger partial charge in [0.15, 0.2) is 6.61 Å². The lowest BCUT2D eigenvalue weighted by Gasteiger charge is -2.10. The zero-order valence-electron chi connectivity index (χ0n) is 10.8. The molecule has 0 aliphatic carbocycles. The molecule has 1 aromatic heterocycles. The average molecular weight is 285 g/mol. The van der Waals surface area contributed by atoms with E-state index < -0.39 is 12.8 Å². The van der Waals surface area contributed by atoms with Crippen molar-refractivity contribution in [3.05, 3.63) is 42.0 Å². The van der Waals surface area contributed by atoms with Crippen LogP contribution in [-0.4, -0.2) is 22.8 Å². The van der Waals surface area contributed by atoms with Crippen LogP contribution in [0.15, 0.2) is 30.6 Å². The van der Waals surface area contributed by atoms with Gasteiger partial charge in [-0.05, 0) is 31.2 Å². The van der Waals surface area contributed by atoms with Crippen LogP contribution in [0.4, 0.5) is 18.9 Å². The first-order valence-corrected chi connectivity index (χ1v) is 5.96. The van der Waals surface area contributed by atoms with Gasteiger partial charge < -0.3 is 15.0 Å². The minimum atomic E-state index is -4.32. The highest BCUT2D eigenvalue weighted by atomic mass is 19.4. The fourth-order valence-electron chi connectivity index (χ4n) is 1.59. The summed E-state index contributed by atoms with van der Waals surface area (Å²) in [6.07, 6.45) is -2.71. The third-order valence-corrected chi connectivity index (χ3v) is 2.65. The lowest BCUT2D eigenvalue weighted by Crippen LogP contribution is -2.19. The van der Waals surface area contributed by atoms with Crippen molar-refractivity contribution < 1.29 is 17.9 Å². The topological polar surface area (TPSA) is 49.9 Å². The molecule has 0 fully saturated rings. The number of aromatic amines is 1. The molecule has 1 heterocycles. The van der Waals surface area contributed by atoms with Crippen LogP contribution in [0, 0.1) is 6.92 Å². The van der Waals surface area contributed by atoms with Crippen molar-refractivity contribution in [1.82, 2.24) is 9.97 Å². The molecule has 0 aliphatic rings. The van der Waals surface area contributed by atoms with Crippen molar-refractivity contribution in [1.29, 1.82) is 0 Å². The summed E-state index contributed by atoms with van der Waals surface area (Å²) in [5.41, 5.74) is 2.65. The molecular formula is C13H14F3N3O. The second-order valence-electron chi connectivity index (χ2n) is 4.26. The number of hydrogen-bond acceptors (Lipinski definition) is 3. The van der Waals surface area contributed by atoms with Gasteiger partial charge in [-0.3, -0.25) is 0 Å². The summed E-state index contributed by atoms with van der Waals surface area (Å²) in [6.45, 7) is 1.17. The van der Waals surface area contributed by atoms with E-state index in [1.165, 1.54) is 12.1 Å². The Hall–Kier alpha value is -2.18. The van der Waals surface area contributed by atoms with Crippen LogP contribution in [0.2, 0.25) is 0 Å². The normalized spacial score (nSPS) is 11.4. The number of alkyl halides is 3. The van der Waals surface area contributed by atoms with Crippen molar-refractivity contribution in [2.45, 2.75) is 19.6 Å². The molecule has 0 bridgehead atoms. The molecule has 0 unspecified atom stereocenters. The molecule has 0 amide bonds. The smallest absolute Gasteiger partial charge is 0.422 e. The Balaban J connectivity index is 1.87. The maximum absolute atomic E-state index is 12.0. The summed E-state index contributed by atoms with van der Waals surface area (Å²) in [4.78, 5) is 7.10. The monoisotopic (exact) mass is 285 g/mol. The van der Waals surface area contributed by atoms with E-state index in [1.54, 1.807) is 18.5 Å². The lowest BCUT2D eigenvalue weighted by molar-refractivity contribution is -0.153. The van der Waals surface area contributed by atoms with Crippen molar-refractivity contribution in [2.24, 2.45) is 0 Å². The number of hydrogen-bond donors (Lipinski definition) is 2. The number of rotatable bonds is 5. The first kappa shape index (κ1) is 14.2. The minimum absolute atomic E-state index is 0.184. The molecule has 0 radical (unpaired) electrons. The highest BCUT2D eigenvalue weighted by molar-refractivity contribution is 5.46. The zero-order valence-corrected chi connectivity index (χ0v) is 10.8. The fraction of sp³-hybridized carbons (Fsp3) is 0.308. The molecule has 2 rings (SSSR count). The predicted octanol–water partition coefficient (Wildman–Crippen LogP) is 3.27. The number of aromatic nitrogens is 2. The van der Waals surface area contributed by atoms with E-state index in [-0.39, 0.29) is 5.75 Å². The molecule has 0 aliphatic heterocycles. The Bertz CT molecular complexity index is 549. The quantitative estimate of drug-likeness (QED) is 0.886. The fourth-order valence-corrected chi connectivity index (χ4v) is 1.59. The number of H-pyrrole nitrogens is 1. The Morgan fingerprint density at radius 3 is 2.50 bits per heavy atom. The van der Waals surface area contributed by atoms with Gasteiger partial charge in [0.2, 0.25) is 0 Å². The van der Waals surface area contributed by atoms with Crippen LogP contribution in [0.25, 0.3) is 0 Å². The summed E-state index contributed by atoms with van der Waals surface area (Å²) < 4.78 is 40.6. The van der Waals surface area contributed by atoms with Crippen molar-refractivity contribution in [2.75, 3.05) is 11.9 Å². The van der Waals surface area contributed by atoms with Gasteiger partial charge in [-0.15, -0.1) is 0 Å².